The molecule has 5 nitrogen and oxygen atoms in total. The molecule has 5 heteroatoms. The number of nitrogens with zero attached hydrogens (tertiary/aromatic N) is 1. The summed E-state index contributed by atoms with van der Waals surface area (Å²) in [7, 11) is 3.10. The second-order valence-corrected chi connectivity index (χ2v) is 2.95. The number of fused-ring (bicyclic) bond motifs is 1. The van der Waals surface area contributed by atoms with Crippen LogP contribution < -0.4 is 15.2 Å². The molecule has 0 radical (unpaired) electrons. The molecule has 0 unspecified atom stereocenters. The molecule has 1 aromatic heterocycles. The number of rotatable bonds is 2. The Morgan fingerprint density at radius 1 is 1.27 bits per heavy atom. The van der Waals surface area contributed by atoms with Crippen molar-refractivity contribution in [2.45, 2.75) is 0 Å². The molecule has 0 amide bonds. The lowest BCUT2D eigenvalue weighted by atomic mass is 10.2. The molecule has 0 aliphatic heterocycles. The second-order valence-electron chi connectivity index (χ2n) is 2.95. The van der Waals surface area contributed by atoms with E-state index in [2.05, 4.69) is 9.97 Å². The maximum atomic E-state index is 11.0. The van der Waals surface area contributed by atoms with Crippen molar-refractivity contribution in [3.8, 4) is 11.5 Å². The highest BCUT2D eigenvalue weighted by Crippen LogP contribution is 2.33. The smallest absolute Gasteiger partial charge is 0.345 e. The van der Waals surface area contributed by atoms with Gasteiger partial charge >= 0.3 is 5.69 Å². The van der Waals surface area contributed by atoms with E-state index in [1.807, 2.05) is 0 Å². The van der Waals surface area contributed by atoms with Crippen molar-refractivity contribution in [1.82, 2.24) is 9.97 Å². The lowest BCUT2D eigenvalue weighted by Gasteiger charge is -2.09. The van der Waals surface area contributed by atoms with E-state index in [1.165, 1.54) is 6.20 Å². The molecule has 15 heavy (non-hydrogen) atoms. The topological polar surface area (TPSA) is 64.2 Å². The van der Waals surface area contributed by atoms with E-state index in [4.69, 9.17) is 9.47 Å². The van der Waals surface area contributed by atoms with Crippen molar-refractivity contribution in [1.29, 1.82) is 0 Å². The molecular formula is C10H10N2O3. The van der Waals surface area contributed by atoms with Crippen LogP contribution in [0.1, 0.15) is 0 Å². The van der Waals surface area contributed by atoms with Gasteiger partial charge in [0.2, 0.25) is 0 Å². The van der Waals surface area contributed by atoms with Crippen LogP contribution in [0.2, 0.25) is 0 Å². The third-order valence-corrected chi connectivity index (χ3v) is 2.14. The number of ether oxygens (including phenoxy) is 2. The molecule has 0 spiro atoms. The molecule has 1 N–H and O–H groups in total. The third-order valence-electron chi connectivity index (χ3n) is 2.14. The summed E-state index contributed by atoms with van der Waals surface area (Å²) in [5.41, 5.74) is 0.294. The van der Waals surface area contributed by atoms with Gasteiger partial charge in [0.25, 0.3) is 0 Å². The largest absolute Gasteiger partial charge is 0.493 e. The summed E-state index contributed by atoms with van der Waals surface area (Å²) in [6.45, 7) is 0. The first-order valence-electron chi connectivity index (χ1n) is 4.36. The molecule has 0 saturated heterocycles. The molecule has 1 aromatic carbocycles. The van der Waals surface area contributed by atoms with Crippen LogP contribution in [0.3, 0.4) is 0 Å². The molecule has 0 saturated carbocycles. The van der Waals surface area contributed by atoms with Gasteiger partial charge in [0.1, 0.15) is 0 Å². The Kier molecular flexibility index (Phi) is 2.29. The number of nitrogens with one attached hydrogen (secondary N) is 1. The number of aromatic amines is 1. The van der Waals surface area contributed by atoms with E-state index in [-0.39, 0.29) is 5.69 Å². The van der Waals surface area contributed by atoms with E-state index in [1.54, 1.807) is 26.4 Å². The Balaban J connectivity index is 2.82. The van der Waals surface area contributed by atoms with Crippen LogP contribution in [-0.4, -0.2) is 24.2 Å². The minimum atomic E-state index is -0.380. The summed E-state index contributed by atoms with van der Waals surface area (Å²) in [5.74, 6) is 1.18. The Morgan fingerprint density at radius 2 is 2.07 bits per heavy atom. The number of benzene rings is 1. The quantitative estimate of drug-likeness (QED) is 0.794. The van der Waals surface area contributed by atoms with Gasteiger partial charge in [0.05, 0.1) is 25.1 Å². The molecule has 1 heterocycles. The molecule has 0 atom stereocenters. The highest BCUT2D eigenvalue weighted by atomic mass is 16.5. The van der Waals surface area contributed by atoms with Gasteiger partial charge in [-0.05, 0) is 12.1 Å². The summed E-state index contributed by atoms with van der Waals surface area (Å²) in [6, 6.07) is 3.48. The summed E-state index contributed by atoms with van der Waals surface area (Å²) in [5, 5.41) is 0.719. The summed E-state index contributed by atoms with van der Waals surface area (Å²) in [6.07, 6.45) is 1.47. The molecule has 2 aromatic rings. The van der Waals surface area contributed by atoms with Crippen molar-refractivity contribution in [2.24, 2.45) is 0 Å². The van der Waals surface area contributed by atoms with Gasteiger partial charge in [-0.2, -0.15) is 0 Å². The maximum Gasteiger partial charge on any atom is 0.345 e. The van der Waals surface area contributed by atoms with E-state index in [0.717, 1.165) is 5.39 Å². The van der Waals surface area contributed by atoms with Gasteiger partial charge in [-0.3, -0.25) is 0 Å². The van der Waals surface area contributed by atoms with Gasteiger partial charge in [-0.1, -0.05) is 0 Å². The number of methoxy groups -OCH3 is 2. The van der Waals surface area contributed by atoms with Crippen LogP contribution in [0.15, 0.2) is 23.1 Å². The lowest BCUT2D eigenvalue weighted by molar-refractivity contribution is 0.358. The highest BCUT2D eigenvalue weighted by molar-refractivity contribution is 5.86. The van der Waals surface area contributed by atoms with Crippen molar-refractivity contribution in [3.05, 3.63) is 28.8 Å². The first-order chi connectivity index (χ1) is 7.26. The lowest BCUT2D eigenvalue weighted by Crippen LogP contribution is -2.08. The fourth-order valence-corrected chi connectivity index (χ4v) is 1.46. The van der Waals surface area contributed by atoms with Crippen LogP contribution in [-0.2, 0) is 0 Å². The summed E-state index contributed by atoms with van der Waals surface area (Å²) in [4.78, 5) is 17.3. The molecule has 0 bridgehead atoms. The first-order valence-corrected chi connectivity index (χ1v) is 4.36. The Morgan fingerprint density at radius 3 is 2.73 bits per heavy atom. The predicted octanol–water partition coefficient (Wildman–Crippen LogP) is 0.940. The third kappa shape index (κ3) is 1.52. The highest BCUT2D eigenvalue weighted by Gasteiger charge is 2.08. The minimum Gasteiger partial charge on any atom is -0.493 e. The number of hydrogen-bond donors (Lipinski definition) is 1. The Labute approximate surface area is 85.7 Å². The standard InChI is InChI=1S/C10H10N2O3/c1-14-8-4-3-7-6(9(8)15-2)5-11-10(13)12-7/h3-5H,1-2H3,(H,11,12,13). The Hall–Kier alpha value is -2.04. The Bertz CT molecular complexity index is 548. The number of aromatic nitrogens is 2. The minimum absolute atomic E-state index is 0.380. The molecule has 2 rings (SSSR count). The van der Waals surface area contributed by atoms with E-state index >= 15 is 0 Å². The SMILES string of the molecule is COc1ccc2[nH]c(=O)ncc2c1OC. The van der Waals surface area contributed by atoms with Gasteiger partial charge in [0.15, 0.2) is 11.5 Å². The fraction of sp³-hybridized carbons (Fsp3) is 0.200. The van der Waals surface area contributed by atoms with Crippen LogP contribution in [0, 0.1) is 0 Å². The van der Waals surface area contributed by atoms with Crippen LogP contribution >= 0.6 is 0 Å². The number of hydrogen-bond acceptors (Lipinski definition) is 4. The average Bonchev–Trinajstić information content (AvgIpc) is 2.27. The van der Waals surface area contributed by atoms with E-state index in [9.17, 15) is 4.79 Å². The molecule has 0 fully saturated rings. The first kappa shape index (κ1) is 9.51. The van der Waals surface area contributed by atoms with Crippen molar-refractivity contribution < 1.29 is 9.47 Å². The van der Waals surface area contributed by atoms with Gasteiger partial charge in [-0.15, -0.1) is 0 Å². The van der Waals surface area contributed by atoms with E-state index in [0.29, 0.717) is 17.0 Å². The zero-order valence-corrected chi connectivity index (χ0v) is 8.40. The van der Waals surface area contributed by atoms with E-state index < -0.39 is 0 Å². The molecule has 0 aliphatic rings. The van der Waals surface area contributed by atoms with Gasteiger partial charge in [-0.25, -0.2) is 9.78 Å². The maximum absolute atomic E-state index is 11.0. The molecule has 78 valence electrons. The molecular weight excluding hydrogens is 196 g/mol. The van der Waals surface area contributed by atoms with Crippen LogP contribution in [0.4, 0.5) is 0 Å². The average molecular weight is 206 g/mol. The van der Waals surface area contributed by atoms with Gasteiger partial charge in [0, 0.05) is 6.20 Å². The zero-order chi connectivity index (χ0) is 10.8. The fourth-order valence-electron chi connectivity index (χ4n) is 1.46. The molecule has 0 aliphatic carbocycles. The zero-order valence-electron chi connectivity index (χ0n) is 8.40. The second kappa shape index (κ2) is 3.61. The van der Waals surface area contributed by atoms with Crippen LogP contribution in [0.5, 0.6) is 11.5 Å². The van der Waals surface area contributed by atoms with Crippen LogP contribution in [0.25, 0.3) is 10.9 Å². The van der Waals surface area contributed by atoms with Crippen molar-refractivity contribution in [3.63, 3.8) is 0 Å². The predicted molar refractivity (Wildman–Crippen MR) is 55.5 cm³/mol. The summed E-state index contributed by atoms with van der Waals surface area (Å²) >= 11 is 0. The summed E-state index contributed by atoms with van der Waals surface area (Å²) < 4.78 is 10.3. The number of H-pyrrole nitrogens is 1. The van der Waals surface area contributed by atoms with Crippen molar-refractivity contribution >= 4 is 10.9 Å². The van der Waals surface area contributed by atoms with Gasteiger partial charge < -0.3 is 14.5 Å². The normalized spacial score (nSPS) is 10.3. The monoisotopic (exact) mass is 206 g/mol. The van der Waals surface area contributed by atoms with Crippen molar-refractivity contribution in [2.75, 3.05) is 14.2 Å².